The number of benzene rings is 2. The van der Waals surface area contributed by atoms with E-state index in [-0.39, 0.29) is 17.7 Å². The smallest absolute Gasteiger partial charge is 0.337 e. The van der Waals surface area contributed by atoms with Crippen LogP contribution in [0.3, 0.4) is 0 Å². The third kappa shape index (κ3) is 6.89. The predicted octanol–water partition coefficient (Wildman–Crippen LogP) is 2.23. The third-order valence-corrected chi connectivity index (χ3v) is 4.49. The molecule has 8 heteroatoms. The Morgan fingerprint density at radius 1 is 1.00 bits per heavy atom. The molecule has 2 rings (SSSR count). The molecule has 0 amide bonds. The van der Waals surface area contributed by atoms with Gasteiger partial charge in [-0.05, 0) is 36.2 Å². The van der Waals surface area contributed by atoms with Crippen LogP contribution in [0.4, 0.5) is 5.69 Å². The maximum Gasteiger partial charge on any atom is 0.337 e. The summed E-state index contributed by atoms with van der Waals surface area (Å²) in [6.07, 6.45) is 0.574. The van der Waals surface area contributed by atoms with Gasteiger partial charge >= 0.3 is 17.9 Å². The zero-order valence-electron chi connectivity index (χ0n) is 17.0. The van der Waals surface area contributed by atoms with E-state index in [2.05, 4.69) is 27.5 Å². The van der Waals surface area contributed by atoms with Gasteiger partial charge in [-0.3, -0.25) is 4.79 Å². The highest BCUT2D eigenvalue weighted by Gasteiger charge is 2.25. The van der Waals surface area contributed by atoms with Crippen molar-refractivity contribution in [1.82, 2.24) is 5.32 Å². The van der Waals surface area contributed by atoms with Gasteiger partial charge in [-0.25, -0.2) is 9.59 Å². The summed E-state index contributed by atoms with van der Waals surface area (Å²) in [7, 11) is 2.40. The molecule has 0 saturated carbocycles. The molecule has 0 fully saturated rings. The van der Waals surface area contributed by atoms with Gasteiger partial charge in [0.15, 0.2) is 0 Å². The number of anilines is 1. The molecular formula is C22H26N2O6. The molecule has 0 aliphatic carbocycles. The summed E-state index contributed by atoms with van der Waals surface area (Å²) < 4.78 is 9.32. The largest absolute Gasteiger partial charge is 0.478 e. The van der Waals surface area contributed by atoms with E-state index in [0.717, 1.165) is 18.5 Å². The Hall–Kier alpha value is -3.39. The molecule has 160 valence electrons. The molecule has 1 atom stereocenters. The van der Waals surface area contributed by atoms with Gasteiger partial charge in [0.1, 0.15) is 6.04 Å². The highest BCUT2D eigenvalue weighted by molar-refractivity contribution is 5.95. The number of carbonyl (C=O) groups excluding carboxylic acids is 2. The van der Waals surface area contributed by atoms with Crippen LogP contribution in [0.2, 0.25) is 0 Å². The zero-order valence-corrected chi connectivity index (χ0v) is 17.0. The number of hydrogen-bond donors (Lipinski definition) is 3. The minimum atomic E-state index is -1.15. The van der Waals surface area contributed by atoms with Crippen molar-refractivity contribution in [2.24, 2.45) is 0 Å². The third-order valence-electron chi connectivity index (χ3n) is 4.49. The van der Waals surface area contributed by atoms with Crippen LogP contribution >= 0.6 is 0 Å². The van der Waals surface area contributed by atoms with Crippen LogP contribution in [-0.2, 0) is 32.0 Å². The monoisotopic (exact) mass is 414 g/mol. The molecule has 0 aliphatic rings. The van der Waals surface area contributed by atoms with E-state index in [1.165, 1.54) is 25.8 Å². The fourth-order valence-corrected chi connectivity index (χ4v) is 2.89. The molecule has 3 N–H and O–H groups in total. The molecule has 0 spiro atoms. The molecule has 1 unspecified atom stereocenters. The summed E-state index contributed by atoms with van der Waals surface area (Å²) in [5.74, 6) is -2.46. The first-order valence-electron chi connectivity index (χ1n) is 9.46. The van der Waals surface area contributed by atoms with Gasteiger partial charge in [-0.1, -0.05) is 36.4 Å². The maximum atomic E-state index is 12.0. The van der Waals surface area contributed by atoms with Crippen LogP contribution in [0.1, 0.15) is 27.9 Å². The predicted molar refractivity (Wildman–Crippen MR) is 111 cm³/mol. The molecule has 0 bridgehead atoms. The highest BCUT2D eigenvalue weighted by Crippen LogP contribution is 2.20. The Morgan fingerprint density at radius 2 is 1.73 bits per heavy atom. The molecule has 0 radical (unpaired) electrons. The first-order valence-corrected chi connectivity index (χ1v) is 9.46. The first-order chi connectivity index (χ1) is 14.4. The van der Waals surface area contributed by atoms with E-state index in [0.29, 0.717) is 6.54 Å². The summed E-state index contributed by atoms with van der Waals surface area (Å²) in [6, 6.07) is 13.8. The highest BCUT2D eigenvalue weighted by atomic mass is 16.5. The number of esters is 2. The van der Waals surface area contributed by atoms with E-state index in [9.17, 15) is 19.5 Å². The number of rotatable bonds is 11. The van der Waals surface area contributed by atoms with E-state index >= 15 is 0 Å². The second-order valence-corrected chi connectivity index (χ2v) is 6.60. The first kappa shape index (κ1) is 22.9. The molecule has 0 aromatic heterocycles. The fourth-order valence-electron chi connectivity index (χ4n) is 2.89. The number of carbonyl (C=O) groups is 3. The van der Waals surface area contributed by atoms with Gasteiger partial charge in [0.25, 0.3) is 0 Å². The molecule has 30 heavy (non-hydrogen) atoms. The standard InChI is InChI=1S/C22H26N2O6/c1-29-20(25)13-19(22(28)30-2)24-18-12-16(8-9-17(18)21(26)27)14-23-11-10-15-6-4-3-5-7-15/h3-9,12,19,23-24H,10-11,13-14H2,1-2H3,(H,26,27). The van der Waals surface area contributed by atoms with Crippen molar-refractivity contribution in [2.45, 2.75) is 25.4 Å². The number of carboxylic acids is 1. The fraction of sp³-hybridized carbons (Fsp3) is 0.318. The molecule has 0 heterocycles. The van der Waals surface area contributed by atoms with Crippen molar-refractivity contribution >= 4 is 23.6 Å². The Labute approximate surface area is 175 Å². The average molecular weight is 414 g/mol. The zero-order chi connectivity index (χ0) is 21.9. The van der Waals surface area contributed by atoms with Crippen molar-refractivity contribution in [3.8, 4) is 0 Å². The van der Waals surface area contributed by atoms with Crippen molar-refractivity contribution in [3.05, 3.63) is 65.2 Å². The van der Waals surface area contributed by atoms with E-state index in [1.807, 2.05) is 18.2 Å². The number of ether oxygens (including phenoxy) is 2. The molecule has 0 saturated heterocycles. The number of hydrogen-bond acceptors (Lipinski definition) is 7. The van der Waals surface area contributed by atoms with Crippen molar-refractivity contribution in [1.29, 1.82) is 0 Å². The lowest BCUT2D eigenvalue weighted by Crippen LogP contribution is -2.34. The molecule has 0 aliphatic heterocycles. The van der Waals surface area contributed by atoms with E-state index < -0.39 is 23.9 Å². The number of nitrogens with one attached hydrogen (secondary N) is 2. The molecular weight excluding hydrogens is 388 g/mol. The normalized spacial score (nSPS) is 11.4. The minimum Gasteiger partial charge on any atom is -0.478 e. The Morgan fingerprint density at radius 3 is 2.37 bits per heavy atom. The SMILES string of the molecule is COC(=O)CC(Nc1cc(CNCCc2ccccc2)ccc1C(=O)O)C(=O)OC. The van der Waals surface area contributed by atoms with E-state index in [4.69, 9.17) is 4.74 Å². The minimum absolute atomic E-state index is 0.0122. The van der Waals surface area contributed by atoms with Crippen molar-refractivity contribution < 1.29 is 29.0 Å². The average Bonchev–Trinajstić information content (AvgIpc) is 2.76. The van der Waals surface area contributed by atoms with Gasteiger partial charge in [0.05, 0.1) is 26.2 Å². The summed E-state index contributed by atoms with van der Waals surface area (Å²) in [6.45, 7) is 1.27. The lowest BCUT2D eigenvalue weighted by Gasteiger charge is -2.19. The topological polar surface area (TPSA) is 114 Å². The van der Waals surface area contributed by atoms with Crippen LogP contribution in [0.15, 0.2) is 48.5 Å². The Bertz CT molecular complexity index is 869. The van der Waals surface area contributed by atoms with Crippen LogP contribution < -0.4 is 10.6 Å². The lowest BCUT2D eigenvalue weighted by atomic mass is 10.1. The van der Waals surface area contributed by atoms with Gasteiger partial charge in [0, 0.05) is 12.2 Å². The van der Waals surface area contributed by atoms with Gasteiger partial charge in [-0.2, -0.15) is 0 Å². The van der Waals surface area contributed by atoms with Crippen LogP contribution in [-0.4, -0.2) is 49.8 Å². The summed E-state index contributed by atoms with van der Waals surface area (Å²) in [4.78, 5) is 35.2. The summed E-state index contributed by atoms with van der Waals surface area (Å²) in [5, 5.41) is 15.6. The van der Waals surface area contributed by atoms with Crippen molar-refractivity contribution in [3.63, 3.8) is 0 Å². The molecule has 8 nitrogen and oxygen atoms in total. The van der Waals surface area contributed by atoms with Crippen LogP contribution in [0.25, 0.3) is 0 Å². The van der Waals surface area contributed by atoms with Crippen LogP contribution in [0, 0.1) is 0 Å². The summed E-state index contributed by atoms with van der Waals surface area (Å²) in [5.41, 5.74) is 2.26. The van der Waals surface area contributed by atoms with E-state index in [1.54, 1.807) is 12.1 Å². The van der Waals surface area contributed by atoms with Crippen LogP contribution in [0.5, 0.6) is 0 Å². The summed E-state index contributed by atoms with van der Waals surface area (Å²) >= 11 is 0. The molecule has 2 aromatic carbocycles. The van der Waals surface area contributed by atoms with Gasteiger partial charge in [0.2, 0.25) is 0 Å². The lowest BCUT2D eigenvalue weighted by molar-refractivity contribution is -0.148. The second kappa shape index (κ2) is 11.6. The Kier molecular flexibility index (Phi) is 8.83. The maximum absolute atomic E-state index is 12.0. The molecule has 2 aromatic rings. The number of methoxy groups -OCH3 is 2. The second-order valence-electron chi connectivity index (χ2n) is 6.60. The van der Waals surface area contributed by atoms with Gasteiger partial charge < -0.3 is 25.2 Å². The quantitative estimate of drug-likeness (QED) is 0.379. The Balaban J connectivity index is 2.09. The van der Waals surface area contributed by atoms with Crippen molar-refractivity contribution in [2.75, 3.05) is 26.1 Å². The van der Waals surface area contributed by atoms with Gasteiger partial charge in [-0.15, -0.1) is 0 Å². The number of aromatic carboxylic acids is 1. The number of carboxylic acid groups (broad SMARTS) is 1.